The first-order chi connectivity index (χ1) is 13.1. The molecule has 27 heavy (non-hydrogen) atoms. The topological polar surface area (TPSA) is 51.1 Å². The highest BCUT2D eigenvalue weighted by atomic mass is 35.5. The molecule has 0 atom stereocenters. The van der Waals surface area contributed by atoms with Gasteiger partial charge in [-0.25, -0.2) is 0 Å². The third-order valence-electron chi connectivity index (χ3n) is 4.16. The van der Waals surface area contributed by atoms with E-state index in [9.17, 15) is 4.79 Å². The van der Waals surface area contributed by atoms with Crippen LogP contribution in [-0.4, -0.2) is 44.0 Å². The number of carbonyl (C=O) groups is 1. The fourth-order valence-electron chi connectivity index (χ4n) is 2.75. The van der Waals surface area contributed by atoms with Crippen molar-refractivity contribution in [3.05, 3.63) is 53.1 Å². The van der Waals surface area contributed by atoms with Crippen molar-refractivity contribution in [1.82, 2.24) is 0 Å². The van der Waals surface area contributed by atoms with Gasteiger partial charge in [-0.1, -0.05) is 23.4 Å². The number of aliphatic imine (C=N–C) groups is 1. The fraction of sp³-hybridized carbons (Fsp3) is 0.300. The first-order valence-corrected chi connectivity index (χ1v) is 9.94. The van der Waals surface area contributed by atoms with E-state index >= 15 is 0 Å². The second-order valence-electron chi connectivity index (χ2n) is 5.92. The van der Waals surface area contributed by atoms with Gasteiger partial charge in [-0.15, -0.1) is 0 Å². The number of nitrogens with zero attached hydrogens (tertiary/aromatic N) is 2. The van der Waals surface area contributed by atoms with Gasteiger partial charge in [0.2, 0.25) is 0 Å². The summed E-state index contributed by atoms with van der Waals surface area (Å²) in [6, 6.07) is 12.6. The van der Waals surface area contributed by atoms with Crippen molar-refractivity contribution in [3.8, 4) is 11.5 Å². The molecule has 0 spiro atoms. The number of anilines is 1. The lowest BCUT2D eigenvalue weighted by Gasteiger charge is -2.27. The van der Waals surface area contributed by atoms with E-state index in [1.54, 1.807) is 44.2 Å². The van der Waals surface area contributed by atoms with E-state index < -0.39 is 0 Å². The average Bonchev–Trinajstić information content (AvgIpc) is 2.72. The summed E-state index contributed by atoms with van der Waals surface area (Å²) in [5.74, 6) is 2.09. The van der Waals surface area contributed by atoms with Crippen LogP contribution in [0, 0.1) is 0 Å². The normalized spacial score (nSPS) is 13.7. The number of benzene rings is 2. The maximum Gasteiger partial charge on any atom is 0.182 e. The van der Waals surface area contributed by atoms with E-state index in [2.05, 4.69) is 4.99 Å². The standard InChI is InChI=1S/C20H21ClN2O3S/c1-25-18-9-4-14(12-19(18)26-2)17(24)13-23(20-22-10-3-11-27-20)16-7-5-15(21)6-8-16/h4-9,12H,3,10-11,13H2,1-2H3. The van der Waals surface area contributed by atoms with Crippen LogP contribution in [-0.2, 0) is 0 Å². The molecule has 1 aliphatic rings. The Labute approximate surface area is 168 Å². The van der Waals surface area contributed by atoms with Gasteiger partial charge in [0.25, 0.3) is 0 Å². The van der Waals surface area contributed by atoms with Gasteiger partial charge in [-0.3, -0.25) is 9.79 Å². The number of ether oxygens (including phenoxy) is 2. The zero-order valence-corrected chi connectivity index (χ0v) is 16.8. The molecule has 0 aliphatic carbocycles. The van der Waals surface area contributed by atoms with Crippen molar-refractivity contribution in [2.75, 3.05) is 38.0 Å². The summed E-state index contributed by atoms with van der Waals surface area (Å²) in [6.45, 7) is 0.958. The van der Waals surface area contributed by atoms with Gasteiger partial charge in [0.15, 0.2) is 22.4 Å². The molecule has 0 saturated heterocycles. The second-order valence-corrected chi connectivity index (χ2v) is 7.42. The SMILES string of the molecule is COc1ccc(C(=O)CN(C2=NCCCS2)c2ccc(Cl)cc2)cc1OC. The molecule has 142 valence electrons. The van der Waals surface area contributed by atoms with E-state index in [0.717, 1.165) is 29.6 Å². The van der Waals surface area contributed by atoms with Crippen molar-refractivity contribution in [2.24, 2.45) is 4.99 Å². The number of hydrogen-bond donors (Lipinski definition) is 0. The second kappa shape index (κ2) is 9.15. The molecule has 1 heterocycles. The summed E-state index contributed by atoms with van der Waals surface area (Å²) in [5, 5.41) is 1.51. The summed E-state index contributed by atoms with van der Waals surface area (Å²) in [4.78, 5) is 19.5. The van der Waals surface area contributed by atoms with Gasteiger partial charge in [0, 0.05) is 28.6 Å². The molecule has 0 fully saturated rings. The zero-order chi connectivity index (χ0) is 19.2. The van der Waals surface area contributed by atoms with Gasteiger partial charge in [-0.2, -0.15) is 0 Å². The van der Waals surface area contributed by atoms with Crippen LogP contribution in [0.1, 0.15) is 16.8 Å². The number of carbonyl (C=O) groups excluding carboxylic acids is 1. The lowest BCUT2D eigenvalue weighted by molar-refractivity contribution is 0.100. The van der Waals surface area contributed by atoms with E-state index in [1.165, 1.54) is 0 Å². The maximum absolute atomic E-state index is 13.0. The molecule has 7 heteroatoms. The number of amidine groups is 1. The molecule has 0 aromatic heterocycles. The minimum absolute atomic E-state index is 0.0280. The van der Waals surface area contributed by atoms with Crippen molar-refractivity contribution >= 4 is 40.0 Å². The third-order valence-corrected chi connectivity index (χ3v) is 5.51. The van der Waals surface area contributed by atoms with E-state index in [4.69, 9.17) is 21.1 Å². The van der Waals surface area contributed by atoms with Gasteiger partial charge < -0.3 is 14.4 Å². The summed E-state index contributed by atoms with van der Waals surface area (Å²) in [5.41, 5.74) is 1.45. The van der Waals surface area contributed by atoms with E-state index in [-0.39, 0.29) is 12.3 Å². The number of thioether (sulfide) groups is 1. The monoisotopic (exact) mass is 404 g/mol. The number of Topliss-reactive ketones (excluding diaryl/α,β-unsaturated/α-hetero) is 1. The van der Waals surface area contributed by atoms with Crippen LogP contribution in [0.2, 0.25) is 5.02 Å². The van der Waals surface area contributed by atoms with Crippen molar-refractivity contribution in [2.45, 2.75) is 6.42 Å². The molecule has 3 rings (SSSR count). The molecule has 0 N–H and O–H groups in total. The summed E-state index contributed by atoms with van der Waals surface area (Å²) in [7, 11) is 3.12. The summed E-state index contributed by atoms with van der Waals surface area (Å²) in [6.07, 6.45) is 1.05. The smallest absolute Gasteiger partial charge is 0.182 e. The van der Waals surface area contributed by atoms with Crippen LogP contribution in [0.5, 0.6) is 11.5 Å². The molecule has 1 aliphatic heterocycles. The predicted molar refractivity (Wildman–Crippen MR) is 112 cm³/mol. The van der Waals surface area contributed by atoms with Crippen LogP contribution < -0.4 is 14.4 Å². The lowest BCUT2D eigenvalue weighted by atomic mass is 10.1. The average molecular weight is 405 g/mol. The highest BCUT2D eigenvalue weighted by Crippen LogP contribution is 2.29. The molecule has 0 radical (unpaired) electrons. The highest BCUT2D eigenvalue weighted by Gasteiger charge is 2.21. The van der Waals surface area contributed by atoms with Crippen LogP contribution >= 0.6 is 23.4 Å². The van der Waals surface area contributed by atoms with Gasteiger partial charge in [0.05, 0.1) is 20.8 Å². The Hall–Kier alpha value is -2.18. The molecule has 2 aromatic rings. The van der Waals surface area contributed by atoms with E-state index in [1.807, 2.05) is 29.2 Å². The Bertz CT molecular complexity index is 840. The van der Waals surface area contributed by atoms with E-state index in [0.29, 0.717) is 22.1 Å². The largest absolute Gasteiger partial charge is 0.493 e. The van der Waals surface area contributed by atoms with Gasteiger partial charge >= 0.3 is 0 Å². The summed E-state index contributed by atoms with van der Waals surface area (Å²) < 4.78 is 10.6. The Kier molecular flexibility index (Phi) is 6.63. The van der Waals surface area contributed by atoms with Crippen molar-refractivity contribution < 1.29 is 14.3 Å². The minimum atomic E-state index is -0.0280. The van der Waals surface area contributed by atoms with Crippen molar-refractivity contribution in [3.63, 3.8) is 0 Å². The number of halogens is 1. The van der Waals surface area contributed by atoms with Crippen LogP contribution in [0.15, 0.2) is 47.5 Å². The van der Waals surface area contributed by atoms with Crippen molar-refractivity contribution in [1.29, 1.82) is 0 Å². The third kappa shape index (κ3) is 4.76. The molecular weight excluding hydrogens is 384 g/mol. The number of ketones is 1. The summed E-state index contributed by atoms with van der Waals surface area (Å²) >= 11 is 7.69. The van der Waals surface area contributed by atoms with Crippen LogP contribution in [0.25, 0.3) is 0 Å². The number of methoxy groups -OCH3 is 2. The Morgan fingerprint density at radius 3 is 2.52 bits per heavy atom. The van der Waals surface area contributed by atoms with Crippen LogP contribution in [0.4, 0.5) is 5.69 Å². The minimum Gasteiger partial charge on any atom is -0.493 e. The molecule has 5 nitrogen and oxygen atoms in total. The first-order valence-electron chi connectivity index (χ1n) is 8.58. The molecule has 0 unspecified atom stereocenters. The lowest BCUT2D eigenvalue weighted by Crippen LogP contribution is -2.35. The Balaban J connectivity index is 1.88. The Morgan fingerprint density at radius 1 is 1.15 bits per heavy atom. The number of rotatable bonds is 6. The zero-order valence-electron chi connectivity index (χ0n) is 15.3. The number of hydrogen-bond acceptors (Lipinski definition) is 6. The molecule has 0 amide bonds. The highest BCUT2D eigenvalue weighted by molar-refractivity contribution is 8.14. The fourth-order valence-corrected chi connectivity index (χ4v) is 3.84. The molecular formula is C20H21ClN2O3S. The molecule has 2 aromatic carbocycles. The Morgan fingerprint density at radius 2 is 1.89 bits per heavy atom. The first kappa shape index (κ1) is 19.6. The molecule has 0 saturated carbocycles. The predicted octanol–water partition coefficient (Wildman–Crippen LogP) is 4.54. The van der Waals surface area contributed by atoms with Crippen LogP contribution in [0.3, 0.4) is 0 Å². The molecule has 0 bridgehead atoms. The maximum atomic E-state index is 13.0. The van der Waals surface area contributed by atoms with Gasteiger partial charge in [-0.05, 0) is 48.9 Å². The quantitative estimate of drug-likeness (QED) is 0.661. The van der Waals surface area contributed by atoms with Gasteiger partial charge in [0.1, 0.15) is 0 Å².